The van der Waals surface area contributed by atoms with Gasteiger partial charge in [0.15, 0.2) is 0 Å². The molecular formula is C5H14N2O6. The lowest BCUT2D eigenvalue weighted by molar-refractivity contribution is -0.357. The Morgan fingerprint density at radius 2 is 1.23 bits per heavy atom. The van der Waals surface area contributed by atoms with Crippen molar-refractivity contribution in [3.05, 3.63) is 0 Å². The van der Waals surface area contributed by atoms with E-state index in [4.69, 9.17) is 30.6 Å². The second-order valence-corrected chi connectivity index (χ2v) is 2.52. The highest BCUT2D eigenvalue weighted by Crippen LogP contribution is 1.97. The lowest BCUT2D eigenvalue weighted by atomic mass is 10.3. The molecule has 0 bridgehead atoms. The zero-order valence-corrected chi connectivity index (χ0v) is 6.97. The van der Waals surface area contributed by atoms with Crippen LogP contribution >= 0.6 is 0 Å². The fourth-order valence-electron chi connectivity index (χ4n) is 0.708. The van der Waals surface area contributed by atoms with Crippen molar-refractivity contribution < 1.29 is 30.6 Å². The van der Waals surface area contributed by atoms with E-state index in [0.29, 0.717) is 0 Å². The Kier molecular flexibility index (Phi) is 4.16. The Balaban J connectivity index is 4.05. The van der Waals surface area contributed by atoms with Crippen LogP contribution in [-0.2, 0) is 0 Å². The first-order valence-electron chi connectivity index (χ1n) is 3.53. The third-order valence-corrected chi connectivity index (χ3v) is 1.14. The lowest BCUT2D eigenvalue weighted by Crippen LogP contribution is -2.61. The molecule has 0 aliphatic heterocycles. The van der Waals surface area contributed by atoms with Crippen LogP contribution in [0, 0.1) is 0 Å². The van der Waals surface area contributed by atoms with Gasteiger partial charge in [-0.15, -0.1) is 0 Å². The summed E-state index contributed by atoms with van der Waals surface area (Å²) in [6, 6.07) is 0. The highest BCUT2D eigenvalue weighted by atomic mass is 16.7. The molecule has 80 valence electrons. The van der Waals surface area contributed by atoms with Gasteiger partial charge in [0, 0.05) is 0 Å². The van der Waals surface area contributed by atoms with Crippen LogP contribution in [0.25, 0.3) is 0 Å². The van der Waals surface area contributed by atoms with Crippen molar-refractivity contribution in [2.45, 2.75) is 31.7 Å². The topological polar surface area (TPSA) is 145 Å². The average molecular weight is 198 g/mol. The maximum Gasteiger partial charge on any atom is 0.344 e. The Morgan fingerprint density at radius 1 is 0.923 bits per heavy atom. The normalized spacial score (nSPS) is 13.8. The molecule has 0 saturated carbocycles. The fraction of sp³-hybridized carbons (Fsp3) is 1.00. The van der Waals surface area contributed by atoms with Gasteiger partial charge in [-0.1, -0.05) is 6.92 Å². The SMILES string of the molecule is CCC(NC(O)(O)O)NC(O)(O)O. The van der Waals surface area contributed by atoms with Crippen LogP contribution in [0.3, 0.4) is 0 Å². The first-order chi connectivity index (χ1) is 5.64. The van der Waals surface area contributed by atoms with Gasteiger partial charge in [-0.2, -0.15) is 0 Å². The van der Waals surface area contributed by atoms with E-state index in [1.54, 1.807) is 10.6 Å². The fourth-order valence-corrected chi connectivity index (χ4v) is 0.708. The van der Waals surface area contributed by atoms with Crippen LogP contribution in [0.4, 0.5) is 0 Å². The molecule has 0 aliphatic rings. The summed E-state index contributed by atoms with van der Waals surface area (Å²) in [5, 5.41) is 54.1. The summed E-state index contributed by atoms with van der Waals surface area (Å²) in [6.45, 7) is 1.53. The molecule has 0 amide bonds. The summed E-state index contributed by atoms with van der Waals surface area (Å²) in [7, 11) is 0. The highest BCUT2D eigenvalue weighted by molar-refractivity contribution is 4.63. The van der Waals surface area contributed by atoms with Gasteiger partial charge in [-0.25, -0.2) is 10.6 Å². The standard InChI is InChI=1S/C5H14N2O6/c1-2-3(6-4(8,9)10)7-5(11,12)13/h3,6-13H,2H2,1H3. The predicted octanol–water partition coefficient (Wildman–Crippen LogP) is -3.92. The first kappa shape index (κ1) is 12.7. The molecule has 13 heavy (non-hydrogen) atoms. The van der Waals surface area contributed by atoms with Crippen LogP contribution in [0.1, 0.15) is 13.3 Å². The second-order valence-electron chi connectivity index (χ2n) is 2.52. The number of aliphatic hydroxyl groups is 6. The smallest absolute Gasteiger partial charge is 0.330 e. The summed E-state index contributed by atoms with van der Waals surface area (Å²) in [6.07, 6.45) is -7.26. The van der Waals surface area contributed by atoms with E-state index in [1.165, 1.54) is 6.92 Å². The van der Waals surface area contributed by atoms with Gasteiger partial charge in [0.25, 0.3) is 0 Å². The Bertz CT molecular complexity index is 134. The maximum absolute atomic E-state index is 8.43. The van der Waals surface area contributed by atoms with Gasteiger partial charge in [0.2, 0.25) is 0 Å². The van der Waals surface area contributed by atoms with Crippen LogP contribution in [0.15, 0.2) is 0 Å². The zero-order valence-electron chi connectivity index (χ0n) is 6.97. The van der Waals surface area contributed by atoms with Crippen molar-refractivity contribution in [3.8, 4) is 0 Å². The van der Waals surface area contributed by atoms with Crippen LogP contribution in [0.5, 0.6) is 0 Å². The van der Waals surface area contributed by atoms with E-state index < -0.39 is 18.4 Å². The molecule has 0 heterocycles. The summed E-state index contributed by atoms with van der Waals surface area (Å²) in [5.74, 6) is 0. The average Bonchev–Trinajstić information content (AvgIpc) is 1.79. The highest BCUT2D eigenvalue weighted by Gasteiger charge is 2.28. The molecule has 8 heteroatoms. The van der Waals surface area contributed by atoms with E-state index in [-0.39, 0.29) is 6.42 Å². The van der Waals surface area contributed by atoms with Crippen LogP contribution in [-0.4, -0.2) is 49.0 Å². The molecular weight excluding hydrogens is 184 g/mol. The monoisotopic (exact) mass is 198 g/mol. The number of rotatable bonds is 5. The van der Waals surface area contributed by atoms with E-state index in [0.717, 1.165) is 0 Å². The third kappa shape index (κ3) is 8.02. The largest absolute Gasteiger partial charge is 0.344 e. The Hall–Kier alpha value is -0.320. The van der Waals surface area contributed by atoms with Crippen molar-refractivity contribution in [2.24, 2.45) is 0 Å². The summed E-state index contributed by atoms with van der Waals surface area (Å²) in [4.78, 5) is 0. The van der Waals surface area contributed by atoms with Crippen molar-refractivity contribution >= 4 is 0 Å². The van der Waals surface area contributed by atoms with Crippen LogP contribution in [0.2, 0.25) is 0 Å². The maximum atomic E-state index is 8.43. The molecule has 0 aromatic carbocycles. The molecule has 0 aliphatic carbocycles. The van der Waals surface area contributed by atoms with Gasteiger partial charge >= 0.3 is 12.2 Å². The van der Waals surface area contributed by atoms with Gasteiger partial charge in [0.1, 0.15) is 0 Å². The minimum Gasteiger partial charge on any atom is -0.330 e. The van der Waals surface area contributed by atoms with E-state index in [1.807, 2.05) is 0 Å². The van der Waals surface area contributed by atoms with Gasteiger partial charge in [0.05, 0.1) is 6.17 Å². The molecule has 8 N–H and O–H groups in total. The summed E-state index contributed by atoms with van der Waals surface area (Å²) >= 11 is 0. The Labute approximate surface area is 74.1 Å². The molecule has 0 unspecified atom stereocenters. The number of hydrogen-bond acceptors (Lipinski definition) is 8. The third-order valence-electron chi connectivity index (χ3n) is 1.14. The van der Waals surface area contributed by atoms with Crippen molar-refractivity contribution in [3.63, 3.8) is 0 Å². The minimum absolute atomic E-state index is 0.146. The molecule has 0 atom stereocenters. The lowest BCUT2D eigenvalue weighted by Gasteiger charge is -2.27. The van der Waals surface area contributed by atoms with E-state index in [2.05, 4.69) is 0 Å². The zero-order chi connectivity index (χ0) is 10.7. The first-order valence-corrected chi connectivity index (χ1v) is 3.53. The Morgan fingerprint density at radius 3 is 1.38 bits per heavy atom. The predicted molar refractivity (Wildman–Crippen MR) is 39.1 cm³/mol. The number of hydrogen-bond donors (Lipinski definition) is 8. The second kappa shape index (κ2) is 4.26. The summed E-state index contributed by atoms with van der Waals surface area (Å²) in [5.41, 5.74) is 0. The molecule has 0 radical (unpaired) electrons. The van der Waals surface area contributed by atoms with Crippen molar-refractivity contribution in [2.75, 3.05) is 0 Å². The van der Waals surface area contributed by atoms with Crippen LogP contribution < -0.4 is 10.6 Å². The van der Waals surface area contributed by atoms with Gasteiger partial charge < -0.3 is 30.6 Å². The van der Waals surface area contributed by atoms with Gasteiger partial charge in [-0.05, 0) is 6.42 Å². The van der Waals surface area contributed by atoms with Gasteiger partial charge in [-0.3, -0.25) is 0 Å². The van der Waals surface area contributed by atoms with E-state index >= 15 is 0 Å². The molecule has 0 saturated heterocycles. The molecule has 0 aromatic heterocycles. The van der Waals surface area contributed by atoms with Crippen molar-refractivity contribution in [1.82, 2.24) is 10.6 Å². The molecule has 0 fully saturated rings. The number of nitrogens with one attached hydrogen (secondary N) is 2. The van der Waals surface area contributed by atoms with Crippen molar-refractivity contribution in [1.29, 1.82) is 0 Å². The molecule has 8 nitrogen and oxygen atoms in total. The summed E-state index contributed by atoms with van der Waals surface area (Å²) < 4.78 is 0. The molecule has 0 rings (SSSR count). The quantitative estimate of drug-likeness (QED) is 0.209. The molecule has 0 aromatic rings. The minimum atomic E-state index is -3.15. The molecule has 0 spiro atoms. The van der Waals surface area contributed by atoms with E-state index in [9.17, 15) is 0 Å².